The number of rotatable bonds is 4. The van der Waals surface area contributed by atoms with E-state index in [9.17, 15) is 4.79 Å². The monoisotopic (exact) mass is 538 g/mol. The van der Waals surface area contributed by atoms with E-state index in [4.69, 9.17) is 18.9 Å². The highest BCUT2D eigenvalue weighted by Crippen LogP contribution is 2.51. The van der Waals surface area contributed by atoms with Gasteiger partial charge in [0.15, 0.2) is 28.1 Å². The number of furan rings is 1. The zero-order valence-corrected chi connectivity index (χ0v) is 23.4. The molecule has 0 amide bonds. The molecule has 4 heterocycles. The van der Waals surface area contributed by atoms with Gasteiger partial charge < -0.3 is 18.8 Å². The molecule has 0 radical (unpaired) electrons. The molecule has 0 saturated heterocycles. The van der Waals surface area contributed by atoms with Crippen molar-refractivity contribution in [2.45, 2.75) is 39.0 Å². The third kappa shape index (κ3) is 3.90. The molecule has 2 aliphatic heterocycles. The minimum absolute atomic E-state index is 0.101. The molecule has 0 N–H and O–H groups in total. The van der Waals surface area contributed by atoms with Gasteiger partial charge in [0.2, 0.25) is 0 Å². The largest absolute Gasteiger partial charge is 0.493 e. The number of allylic oxidation sites excluding steroid dienone is 3. The van der Waals surface area contributed by atoms with E-state index < -0.39 is 0 Å². The van der Waals surface area contributed by atoms with Crippen molar-refractivity contribution in [3.63, 3.8) is 0 Å². The molecule has 0 bridgehead atoms. The van der Waals surface area contributed by atoms with Crippen molar-refractivity contribution >= 4 is 33.0 Å². The fourth-order valence-corrected chi connectivity index (χ4v) is 7.23. The first-order chi connectivity index (χ1) is 18.8. The molecule has 2 aromatic carbocycles. The Hall–Kier alpha value is -3.84. The molecular weight excluding hydrogens is 508 g/mol. The molecular formula is C32H30N2O4S. The first-order valence-corrected chi connectivity index (χ1v) is 14.1. The molecule has 1 atom stereocenters. The molecule has 0 saturated carbocycles. The number of carbonyl (C=O) groups is 1. The number of aromatic nitrogens is 1. The third-order valence-electron chi connectivity index (χ3n) is 8.08. The molecule has 3 aliphatic rings. The molecule has 0 spiro atoms. The fraction of sp³-hybridized carbons (Fsp3) is 0.312. The van der Waals surface area contributed by atoms with Gasteiger partial charge in [0.25, 0.3) is 0 Å². The normalized spacial score (nSPS) is 19.9. The van der Waals surface area contributed by atoms with Crippen molar-refractivity contribution in [2.75, 3.05) is 20.8 Å². The van der Waals surface area contributed by atoms with Gasteiger partial charge in [-0.15, -0.1) is 11.3 Å². The van der Waals surface area contributed by atoms with Gasteiger partial charge in [0.1, 0.15) is 5.76 Å². The van der Waals surface area contributed by atoms with Crippen molar-refractivity contribution in [1.29, 1.82) is 0 Å². The second kappa shape index (κ2) is 8.85. The van der Waals surface area contributed by atoms with Crippen molar-refractivity contribution in [3.05, 3.63) is 82.8 Å². The van der Waals surface area contributed by atoms with Crippen LogP contribution in [0.25, 0.3) is 26.7 Å². The van der Waals surface area contributed by atoms with Crippen LogP contribution in [0.5, 0.6) is 11.5 Å². The number of fused-ring (bicyclic) bond motifs is 5. The lowest BCUT2D eigenvalue weighted by molar-refractivity contribution is -0.118. The molecule has 7 heteroatoms. The summed E-state index contributed by atoms with van der Waals surface area (Å²) in [5.74, 6) is 2.87. The Kier molecular flexibility index (Phi) is 5.49. The molecule has 198 valence electrons. The number of ketones is 1. The second-order valence-corrected chi connectivity index (χ2v) is 12.3. The Balaban J connectivity index is 1.37. The maximum absolute atomic E-state index is 13.7. The SMILES string of the molecule is COc1cc2c(cc1OC)C1=C[C@H](c3ccc(-c4nc5ccccc5s4)o3)C3=C(CC(C)(C)CC3=O)N1CC2. The fourth-order valence-electron chi connectivity index (χ4n) is 6.30. The summed E-state index contributed by atoms with van der Waals surface area (Å²) in [7, 11) is 3.33. The van der Waals surface area contributed by atoms with Crippen LogP contribution in [0.3, 0.4) is 0 Å². The molecule has 7 rings (SSSR count). The van der Waals surface area contributed by atoms with Gasteiger partial charge in [-0.2, -0.15) is 0 Å². The molecule has 39 heavy (non-hydrogen) atoms. The predicted molar refractivity (Wildman–Crippen MR) is 153 cm³/mol. The lowest BCUT2D eigenvalue weighted by Crippen LogP contribution is -2.40. The number of thiazole rings is 1. The number of Topliss-reactive ketones (excluding diaryl/α,β-unsaturated/α-hetero) is 1. The molecule has 4 aromatic rings. The average Bonchev–Trinajstić information content (AvgIpc) is 3.58. The van der Waals surface area contributed by atoms with Gasteiger partial charge in [-0.1, -0.05) is 26.0 Å². The summed E-state index contributed by atoms with van der Waals surface area (Å²) in [4.78, 5) is 20.9. The Bertz CT molecular complexity index is 1670. The Morgan fingerprint density at radius 2 is 1.85 bits per heavy atom. The summed E-state index contributed by atoms with van der Waals surface area (Å²) in [5.41, 5.74) is 6.28. The molecule has 0 unspecified atom stereocenters. The van der Waals surface area contributed by atoms with Crippen LogP contribution in [-0.2, 0) is 11.2 Å². The third-order valence-corrected chi connectivity index (χ3v) is 9.13. The Labute approximate surface area is 231 Å². The van der Waals surface area contributed by atoms with Crippen molar-refractivity contribution in [3.8, 4) is 22.3 Å². The highest BCUT2D eigenvalue weighted by atomic mass is 32.1. The summed E-state index contributed by atoms with van der Waals surface area (Å²) in [6.07, 6.45) is 4.45. The van der Waals surface area contributed by atoms with Gasteiger partial charge in [-0.05, 0) is 66.3 Å². The minimum atomic E-state index is -0.267. The van der Waals surface area contributed by atoms with E-state index in [0.29, 0.717) is 12.2 Å². The number of benzene rings is 2. The maximum Gasteiger partial charge on any atom is 0.162 e. The zero-order valence-electron chi connectivity index (χ0n) is 22.5. The van der Waals surface area contributed by atoms with Gasteiger partial charge in [0.05, 0.1) is 30.4 Å². The summed E-state index contributed by atoms with van der Waals surface area (Å²) in [6.45, 7) is 5.19. The topological polar surface area (TPSA) is 64.8 Å². The van der Waals surface area contributed by atoms with Crippen LogP contribution in [0.15, 0.2) is 70.3 Å². The molecule has 0 fully saturated rings. The highest BCUT2D eigenvalue weighted by Gasteiger charge is 2.43. The number of ether oxygens (including phenoxy) is 2. The van der Waals surface area contributed by atoms with E-state index in [1.165, 1.54) is 5.56 Å². The van der Waals surface area contributed by atoms with E-state index in [0.717, 1.165) is 74.4 Å². The first kappa shape index (κ1) is 24.2. The number of carbonyl (C=O) groups excluding carboxylic acids is 1. The zero-order chi connectivity index (χ0) is 26.9. The van der Waals surface area contributed by atoms with Crippen LogP contribution in [0.2, 0.25) is 0 Å². The number of hydrogen-bond donors (Lipinski definition) is 0. The molecule has 6 nitrogen and oxygen atoms in total. The quantitative estimate of drug-likeness (QED) is 0.273. The van der Waals surface area contributed by atoms with Crippen LogP contribution >= 0.6 is 11.3 Å². The van der Waals surface area contributed by atoms with Crippen LogP contribution in [0, 0.1) is 5.41 Å². The number of hydrogen-bond acceptors (Lipinski definition) is 7. The van der Waals surface area contributed by atoms with Crippen molar-refractivity contribution < 1.29 is 18.7 Å². The van der Waals surface area contributed by atoms with Crippen molar-refractivity contribution in [2.24, 2.45) is 5.41 Å². The van der Waals surface area contributed by atoms with E-state index in [1.54, 1.807) is 25.6 Å². The van der Waals surface area contributed by atoms with Gasteiger partial charge in [-0.25, -0.2) is 4.98 Å². The lowest BCUT2D eigenvalue weighted by atomic mass is 9.70. The van der Waals surface area contributed by atoms with Crippen LogP contribution in [0.4, 0.5) is 0 Å². The number of nitrogens with zero attached hydrogens (tertiary/aromatic N) is 2. The first-order valence-electron chi connectivity index (χ1n) is 13.3. The molecule has 1 aliphatic carbocycles. The Morgan fingerprint density at radius 3 is 2.64 bits per heavy atom. The lowest BCUT2D eigenvalue weighted by Gasteiger charge is -2.45. The Morgan fingerprint density at radius 1 is 1.05 bits per heavy atom. The van der Waals surface area contributed by atoms with E-state index in [2.05, 4.69) is 43.0 Å². The van der Waals surface area contributed by atoms with Crippen LogP contribution < -0.4 is 9.47 Å². The summed E-state index contributed by atoms with van der Waals surface area (Å²) < 4.78 is 18.9. The highest BCUT2D eigenvalue weighted by molar-refractivity contribution is 7.21. The van der Waals surface area contributed by atoms with Gasteiger partial charge in [0, 0.05) is 35.5 Å². The summed E-state index contributed by atoms with van der Waals surface area (Å²) in [6, 6.07) is 16.3. The predicted octanol–water partition coefficient (Wildman–Crippen LogP) is 7.21. The minimum Gasteiger partial charge on any atom is -0.493 e. The average molecular weight is 539 g/mol. The smallest absolute Gasteiger partial charge is 0.162 e. The van der Waals surface area contributed by atoms with E-state index in [1.807, 2.05) is 30.3 Å². The number of methoxy groups -OCH3 is 2. The summed E-state index contributed by atoms with van der Waals surface area (Å²) >= 11 is 1.62. The van der Waals surface area contributed by atoms with Crippen LogP contribution in [-0.4, -0.2) is 36.4 Å². The summed E-state index contributed by atoms with van der Waals surface area (Å²) in [5, 5.41) is 0.845. The maximum atomic E-state index is 13.7. The standard InChI is InChI=1S/C32H30N2O4S/c1-32(2)16-23-30(24(35)17-32)20(25-9-10-26(38-25)31-33-21-7-5-6-8-29(21)39-31)14-22-19-15-28(37-4)27(36-3)13-18(19)11-12-34(22)23/h5-10,13-15,20H,11-12,16-17H2,1-4H3/t20-/m1/s1. The van der Waals surface area contributed by atoms with Crippen molar-refractivity contribution in [1.82, 2.24) is 9.88 Å². The van der Waals surface area contributed by atoms with E-state index in [-0.39, 0.29) is 17.1 Å². The van der Waals surface area contributed by atoms with E-state index >= 15 is 0 Å². The van der Waals surface area contributed by atoms with Crippen LogP contribution in [0.1, 0.15) is 49.5 Å². The molecule has 2 aromatic heterocycles. The van der Waals surface area contributed by atoms with Gasteiger partial charge in [-0.3, -0.25) is 4.79 Å². The second-order valence-electron chi connectivity index (χ2n) is 11.3. The van der Waals surface area contributed by atoms with Gasteiger partial charge >= 0.3 is 0 Å². The number of para-hydroxylation sites is 1.